The van der Waals surface area contributed by atoms with Gasteiger partial charge in [-0.3, -0.25) is 0 Å². The summed E-state index contributed by atoms with van der Waals surface area (Å²) in [5, 5.41) is 5.49. The molecule has 0 saturated carbocycles. The average molecular weight is 741 g/mol. The maximum Gasteiger partial charge on any atom is 4.00 e. The van der Waals surface area contributed by atoms with Gasteiger partial charge in [-0.1, -0.05) is 147 Å². The van der Waals surface area contributed by atoms with Crippen molar-refractivity contribution in [3.8, 4) is 22.3 Å². The van der Waals surface area contributed by atoms with E-state index in [0.717, 1.165) is 0 Å². The largest absolute Gasteiger partial charge is 4.00 e. The summed E-state index contributed by atoms with van der Waals surface area (Å²) in [5.41, 5.74) is 14.0. The van der Waals surface area contributed by atoms with Crippen molar-refractivity contribution in [2.24, 2.45) is 0 Å². The van der Waals surface area contributed by atoms with E-state index in [1.54, 1.807) is 0 Å². The molecule has 6 aromatic rings. The number of fused-ring (bicyclic) bond motifs is 2. The van der Waals surface area contributed by atoms with E-state index >= 15 is 0 Å². The normalized spacial score (nSPS) is 11.4. The van der Waals surface area contributed by atoms with Crippen LogP contribution in [0.25, 0.3) is 43.8 Å². The summed E-state index contributed by atoms with van der Waals surface area (Å²) in [7, 11) is 0. The Morgan fingerprint density at radius 2 is 1.09 bits per heavy atom. The molecule has 0 amide bonds. The molecule has 0 aromatic heterocycles. The molecule has 0 aliphatic carbocycles. The Kier molecular flexibility index (Phi) is 13.7. The van der Waals surface area contributed by atoms with E-state index in [1.807, 2.05) is 0 Å². The summed E-state index contributed by atoms with van der Waals surface area (Å²) in [6.45, 7) is 24.7. The number of hydrogen-bond acceptors (Lipinski definition) is 0. The Balaban J connectivity index is 0.000000307. The molecule has 47 heavy (non-hydrogen) atoms. The minimum absolute atomic E-state index is 0. The quantitative estimate of drug-likeness (QED) is 0.170. The zero-order chi connectivity index (χ0) is 32.0. The fourth-order valence-electron chi connectivity index (χ4n) is 6.18. The van der Waals surface area contributed by atoms with E-state index in [0.29, 0.717) is 5.92 Å². The molecule has 0 aliphatic rings. The maximum atomic E-state index is 2.35. The molecule has 0 saturated heterocycles. The first-order chi connectivity index (χ1) is 20.6. The molecule has 0 nitrogen and oxygen atoms in total. The van der Waals surface area contributed by atoms with Crippen LogP contribution in [-0.2, 0) is 37.0 Å². The van der Waals surface area contributed by atoms with Gasteiger partial charge in [-0.25, -0.2) is 0 Å². The van der Waals surface area contributed by atoms with Crippen LogP contribution in [0.4, 0.5) is 0 Å². The van der Waals surface area contributed by atoms with E-state index < -0.39 is 0 Å². The Labute approximate surface area is 316 Å². The molecule has 244 valence electrons. The van der Waals surface area contributed by atoms with Crippen LogP contribution in [0.3, 0.4) is 0 Å². The molecule has 6 rings (SSSR count). The van der Waals surface area contributed by atoms with Crippen LogP contribution in [0.1, 0.15) is 94.7 Å². The summed E-state index contributed by atoms with van der Waals surface area (Å²) in [6.07, 6.45) is 0. The predicted molar refractivity (Wildman–Crippen MR) is 196 cm³/mol. The number of rotatable bonds is 3. The van der Waals surface area contributed by atoms with Crippen molar-refractivity contribution in [3.05, 3.63) is 130 Å². The van der Waals surface area contributed by atoms with Gasteiger partial charge < -0.3 is 24.8 Å². The van der Waals surface area contributed by atoms with Crippen molar-refractivity contribution in [3.63, 3.8) is 0 Å². The molecule has 0 radical (unpaired) electrons. The van der Waals surface area contributed by atoms with Crippen LogP contribution in [-0.4, -0.2) is 0 Å². The fraction of sp³-hybridized carbons (Fsp3) is 0.318. The average Bonchev–Trinajstić information content (AvgIpc) is 3.59. The molecule has 0 heterocycles. The van der Waals surface area contributed by atoms with Gasteiger partial charge in [-0.05, 0) is 45.9 Å². The maximum absolute atomic E-state index is 2.35. The van der Waals surface area contributed by atoms with Crippen molar-refractivity contribution in [2.45, 2.75) is 92.9 Å². The Hall–Kier alpha value is -2.44. The second-order valence-corrected chi connectivity index (χ2v) is 15.1. The van der Waals surface area contributed by atoms with Crippen LogP contribution in [0.5, 0.6) is 0 Å². The van der Waals surface area contributed by atoms with Gasteiger partial charge >= 0.3 is 26.2 Å². The van der Waals surface area contributed by atoms with Crippen molar-refractivity contribution < 1.29 is 51.0 Å². The molecule has 0 spiro atoms. The summed E-state index contributed by atoms with van der Waals surface area (Å²) in [6, 6.07) is 36.4. The monoisotopic (exact) mass is 738 g/mol. The van der Waals surface area contributed by atoms with Gasteiger partial charge in [-0.2, -0.15) is 12.1 Å². The van der Waals surface area contributed by atoms with Crippen LogP contribution in [0, 0.1) is 20.8 Å². The first-order valence-corrected chi connectivity index (χ1v) is 16.2. The van der Waals surface area contributed by atoms with E-state index in [9.17, 15) is 0 Å². The first kappa shape index (κ1) is 40.7. The topological polar surface area (TPSA) is 0 Å². The van der Waals surface area contributed by atoms with Crippen molar-refractivity contribution in [1.82, 2.24) is 0 Å². The summed E-state index contributed by atoms with van der Waals surface area (Å²) in [4.78, 5) is 0. The number of halogens is 2. The standard InChI is InChI=1S/2C22H25.2ClH.Zr/c1-14-11-19-16(3)15(2)13-20(21(19)12-14)17-7-9-18(10-8-17)22(4,5)6;1-15(2)18-13-17-7-6-8-20(21(17)14-18)16-9-11-19(12-10-16)22(3,4)5;;;/h7-13H,1-6H3;6-15H,1-5H3;2*1H;/q2*-1;;;+4/p-2. The van der Waals surface area contributed by atoms with Crippen LogP contribution in [0.15, 0.2) is 97.1 Å². The molecular formula is C44H50Cl2Zr. The van der Waals surface area contributed by atoms with E-state index in [-0.39, 0.29) is 61.8 Å². The Morgan fingerprint density at radius 3 is 1.57 bits per heavy atom. The van der Waals surface area contributed by atoms with Gasteiger partial charge in [0.15, 0.2) is 0 Å². The van der Waals surface area contributed by atoms with Crippen LogP contribution < -0.4 is 24.8 Å². The fourth-order valence-corrected chi connectivity index (χ4v) is 6.18. The van der Waals surface area contributed by atoms with Crippen molar-refractivity contribution in [1.29, 1.82) is 0 Å². The smallest absolute Gasteiger partial charge is 1.00 e. The van der Waals surface area contributed by atoms with Crippen LogP contribution >= 0.6 is 0 Å². The van der Waals surface area contributed by atoms with Crippen molar-refractivity contribution in [2.75, 3.05) is 0 Å². The molecule has 0 atom stereocenters. The molecule has 0 aliphatic heterocycles. The number of benzene rings is 4. The second-order valence-electron chi connectivity index (χ2n) is 15.1. The van der Waals surface area contributed by atoms with E-state index in [1.165, 1.54) is 77.2 Å². The zero-order valence-electron chi connectivity index (χ0n) is 30.1. The molecular weight excluding hydrogens is 691 g/mol. The predicted octanol–water partition coefficient (Wildman–Crippen LogP) is 7.10. The van der Waals surface area contributed by atoms with Gasteiger partial charge in [0, 0.05) is 0 Å². The molecule has 3 heteroatoms. The first-order valence-electron chi connectivity index (χ1n) is 16.2. The van der Waals surface area contributed by atoms with Gasteiger partial charge in [-0.15, -0.1) is 62.5 Å². The molecule has 0 fully saturated rings. The molecule has 6 aromatic carbocycles. The number of aryl methyl sites for hydroxylation is 3. The second kappa shape index (κ2) is 15.9. The van der Waals surface area contributed by atoms with Gasteiger partial charge in [0.25, 0.3) is 0 Å². The van der Waals surface area contributed by atoms with E-state index in [2.05, 4.69) is 173 Å². The van der Waals surface area contributed by atoms with Crippen LogP contribution in [0.2, 0.25) is 0 Å². The molecule has 0 bridgehead atoms. The van der Waals surface area contributed by atoms with Gasteiger partial charge in [0.1, 0.15) is 0 Å². The third kappa shape index (κ3) is 8.98. The molecule has 0 N–H and O–H groups in total. The minimum Gasteiger partial charge on any atom is -1.00 e. The zero-order valence-corrected chi connectivity index (χ0v) is 34.0. The molecule has 0 unspecified atom stereocenters. The van der Waals surface area contributed by atoms with Crippen molar-refractivity contribution >= 4 is 21.5 Å². The number of hydrogen-bond donors (Lipinski definition) is 0. The third-order valence-electron chi connectivity index (χ3n) is 9.24. The third-order valence-corrected chi connectivity index (χ3v) is 9.24. The van der Waals surface area contributed by atoms with Gasteiger partial charge in [0.2, 0.25) is 0 Å². The minimum atomic E-state index is 0. The summed E-state index contributed by atoms with van der Waals surface area (Å²) < 4.78 is 0. The SMILES string of the molecule is CC(C)c1cc2c(-c3ccc(C(C)(C)C)cc3)cccc2[cH-]1.Cc1cc2c(-c3ccc(C(C)(C)C)cc3)cc(C)c(C)c2[cH-]1.[Cl-].[Cl-].[Zr+4]. The van der Waals surface area contributed by atoms with E-state index in [4.69, 9.17) is 0 Å². The summed E-state index contributed by atoms with van der Waals surface area (Å²) in [5.74, 6) is 0.573. The Morgan fingerprint density at radius 1 is 0.574 bits per heavy atom. The Bertz CT molecular complexity index is 1900. The summed E-state index contributed by atoms with van der Waals surface area (Å²) >= 11 is 0. The van der Waals surface area contributed by atoms with Gasteiger partial charge in [0.05, 0.1) is 0 Å².